The average Bonchev–Trinajstić information content (AvgIpc) is 2.95. The Morgan fingerprint density at radius 1 is 1.38 bits per heavy atom. The minimum absolute atomic E-state index is 0.388. The zero-order valence-electron chi connectivity index (χ0n) is 12.3. The van der Waals surface area contributed by atoms with Crippen LogP contribution in [0, 0.1) is 0 Å². The Hall–Kier alpha value is -0.510. The van der Waals surface area contributed by atoms with Crippen LogP contribution >= 0.6 is 11.3 Å². The van der Waals surface area contributed by atoms with E-state index in [4.69, 9.17) is 4.74 Å². The van der Waals surface area contributed by atoms with Gasteiger partial charge in [-0.1, -0.05) is 0 Å². The van der Waals surface area contributed by atoms with E-state index in [1.54, 1.807) is 6.07 Å². The Morgan fingerprint density at radius 3 is 2.86 bits per heavy atom. The van der Waals surface area contributed by atoms with E-state index in [-0.39, 0.29) is 0 Å². The molecule has 1 aromatic rings. The molecule has 0 saturated carbocycles. The van der Waals surface area contributed by atoms with Crippen LogP contribution in [0.2, 0.25) is 0 Å². The number of ether oxygens (including phenoxy) is 1. The normalized spacial score (nSPS) is 17.2. The van der Waals surface area contributed by atoms with Gasteiger partial charge in [-0.05, 0) is 37.0 Å². The van der Waals surface area contributed by atoms with Crippen LogP contribution in [0.4, 0.5) is 0 Å². The van der Waals surface area contributed by atoms with Crippen molar-refractivity contribution in [1.82, 2.24) is 14.9 Å². The van der Waals surface area contributed by atoms with Crippen molar-refractivity contribution in [2.45, 2.75) is 17.2 Å². The van der Waals surface area contributed by atoms with Gasteiger partial charge in [0.15, 0.2) is 0 Å². The molecule has 2 heterocycles. The summed E-state index contributed by atoms with van der Waals surface area (Å²) in [6.07, 6.45) is 0.813. The number of hydrogen-bond donors (Lipinski definition) is 2. The Bertz CT molecular complexity index is 525. The summed E-state index contributed by atoms with van der Waals surface area (Å²) in [6.45, 7) is 5.48. The van der Waals surface area contributed by atoms with Crippen molar-refractivity contribution in [3.8, 4) is 0 Å². The number of thiophene rings is 1. The SMILES string of the molecule is CNCc1csc(S(=O)(=O)NCCCN2CCOCC2)c1. The zero-order valence-corrected chi connectivity index (χ0v) is 13.9. The molecule has 2 N–H and O–H groups in total. The van der Waals surface area contributed by atoms with Crippen LogP contribution in [0.1, 0.15) is 12.0 Å². The summed E-state index contributed by atoms with van der Waals surface area (Å²) in [6, 6.07) is 1.73. The van der Waals surface area contributed by atoms with Gasteiger partial charge in [0.25, 0.3) is 0 Å². The minimum atomic E-state index is -3.36. The largest absolute Gasteiger partial charge is 0.379 e. The van der Waals surface area contributed by atoms with E-state index < -0.39 is 10.0 Å². The average molecular weight is 333 g/mol. The van der Waals surface area contributed by atoms with E-state index in [2.05, 4.69) is 14.9 Å². The van der Waals surface area contributed by atoms with Gasteiger partial charge < -0.3 is 10.1 Å². The maximum absolute atomic E-state index is 12.1. The number of nitrogens with zero attached hydrogens (tertiary/aromatic N) is 1. The molecule has 6 nitrogen and oxygen atoms in total. The Balaban J connectivity index is 1.75. The van der Waals surface area contributed by atoms with Crippen molar-refractivity contribution < 1.29 is 13.2 Å². The molecule has 120 valence electrons. The Morgan fingerprint density at radius 2 is 2.14 bits per heavy atom. The molecule has 0 aromatic carbocycles. The molecule has 0 atom stereocenters. The summed E-state index contributed by atoms with van der Waals surface area (Å²) in [5.74, 6) is 0. The molecule has 8 heteroatoms. The first-order chi connectivity index (χ1) is 10.1. The fraction of sp³-hybridized carbons (Fsp3) is 0.692. The van der Waals surface area contributed by atoms with Crippen LogP contribution in [-0.4, -0.2) is 59.8 Å². The van der Waals surface area contributed by atoms with Crippen molar-refractivity contribution in [2.75, 3.05) is 46.4 Å². The fourth-order valence-corrected chi connectivity index (χ4v) is 4.52. The molecule has 1 saturated heterocycles. The third-order valence-corrected chi connectivity index (χ3v) is 6.27. The summed E-state index contributed by atoms with van der Waals surface area (Å²) >= 11 is 1.27. The molecule has 1 aliphatic heterocycles. The lowest BCUT2D eigenvalue weighted by atomic mass is 10.3. The van der Waals surface area contributed by atoms with Gasteiger partial charge in [-0.3, -0.25) is 4.90 Å². The lowest BCUT2D eigenvalue weighted by molar-refractivity contribution is 0.0376. The second-order valence-corrected chi connectivity index (χ2v) is 7.91. The molecule has 0 bridgehead atoms. The molecule has 1 aromatic heterocycles. The van der Waals surface area contributed by atoms with E-state index in [0.717, 1.165) is 44.8 Å². The first kappa shape index (κ1) is 16.9. The molecular weight excluding hydrogens is 310 g/mol. The lowest BCUT2D eigenvalue weighted by Gasteiger charge is -2.26. The molecule has 0 radical (unpaired) electrons. The van der Waals surface area contributed by atoms with Crippen LogP contribution < -0.4 is 10.0 Å². The molecule has 2 rings (SSSR count). The maximum Gasteiger partial charge on any atom is 0.250 e. The number of sulfonamides is 1. The number of nitrogens with one attached hydrogen (secondary N) is 2. The highest BCUT2D eigenvalue weighted by Crippen LogP contribution is 2.19. The lowest BCUT2D eigenvalue weighted by Crippen LogP contribution is -2.38. The predicted molar refractivity (Wildman–Crippen MR) is 84.1 cm³/mol. The molecular formula is C13H23N3O3S2. The van der Waals surface area contributed by atoms with Crippen molar-refractivity contribution in [2.24, 2.45) is 0 Å². The summed E-state index contributed by atoms with van der Waals surface area (Å²) in [7, 11) is -1.52. The summed E-state index contributed by atoms with van der Waals surface area (Å²) < 4.78 is 32.6. The molecule has 21 heavy (non-hydrogen) atoms. The van der Waals surface area contributed by atoms with Gasteiger partial charge in [0, 0.05) is 26.2 Å². The highest BCUT2D eigenvalue weighted by Gasteiger charge is 2.16. The van der Waals surface area contributed by atoms with Gasteiger partial charge in [-0.2, -0.15) is 0 Å². The number of hydrogen-bond acceptors (Lipinski definition) is 6. The van der Waals surface area contributed by atoms with E-state index >= 15 is 0 Å². The van der Waals surface area contributed by atoms with Crippen LogP contribution in [-0.2, 0) is 21.3 Å². The Labute approximate surface area is 130 Å². The molecule has 1 aliphatic rings. The standard InChI is InChI=1S/C13H23N3O3S2/c1-14-10-12-9-13(20-11-12)21(17,18)15-3-2-4-16-5-7-19-8-6-16/h9,11,14-15H,2-8,10H2,1H3. The van der Waals surface area contributed by atoms with Gasteiger partial charge in [-0.25, -0.2) is 13.1 Å². The monoisotopic (exact) mass is 333 g/mol. The fourth-order valence-electron chi connectivity index (χ4n) is 2.20. The molecule has 0 unspecified atom stereocenters. The summed E-state index contributed by atoms with van der Waals surface area (Å²) in [5, 5.41) is 4.89. The predicted octanol–water partition coefficient (Wildman–Crippen LogP) is 0.468. The zero-order chi connectivity index (χ0) is 15.1. The molecule has 0 spiro atoms. The van der Waals surface area contributed by atoms with Crippen molar-refractivity contribution in [3.05, 3.63) is 17.0 Å². The topological polar surface area (TPSA) is 70.7 Å². The molecule has 0 amide bonds. The second-order valence-electron chi connectivity index (χ2n) is 5.01. The van der Waals surface area contributed by atoms with Gasteiger partial charge in [-0.15, -0.1) is 11.3 Å². The van der Waals surface area contributed by atoms with Crippen LogP contribution in [0.3, 0.4) is 0 Å². The molecule has 0 aliphatic carbocycles. The Kier molecular flexibility index (Phi) is 6.59. The summed E-state index contributed by atoms with van der Waals surface area (Å²) in [5.41, 5.74) is 0.996. The van der Waals surface area contributed by atoms with E-state index in [9.17, 15) is 8.42 Å². The van der Waals surface area contributed by atoms with Gasteiger partial charge in [0.2, 0.25) is 10.0 Å². The highest BCUT2D eigenvalue weighted by molar-refractivity contribution is 7.91. The second kappa shape index (κ2) is 8.21. The third-order valence-electron chi connectivity index (χ3n) is 3.32. The van der Waals surface area contributed by atoms with Crippen LogP contribution in [0.15, 0.2) is 15.7 Å². The van der Waals surface area contributed by atoms with E-state index in [1.807, 2.05) is 12.4 Å². The smallest absolute Gasteiger partial charge is 0.250 e. The van der Waals surface area contributed by atoms with E-state index in [1.165, 1.54) is 11.3 Å². The van der Waals surface area contributed by atoms with Crippen LogP contribution in [0.25, 0.3) is 0 Å². The third kappa shape index (κ3) is 5.32. The van der Waals surface area contributed by atoms with Crippen LogP contribution in [0.5, 0.6) is 0 Å². The first-order valence-corrected chi connectivity index (χ1v) is 9.50. The summed E-state index contributed by atoms with van der Waals surface area (Å²) in [4.78, 5) is 2.30. The maximum atomic E-state index is 12.1. The molecule has 1 fully saturated rings. The van der Waals surface area contributed by atoms with Crippen molar-refractivity contribution in [1.29, 1.82) is 0 Å². The van der Waals surface area contributed by atoms with Crippen molar-refractivity contribution >= 4 is 21.4 Å². The van der Waals surface area contributed by atoms with Crippen molar-refractivity contribution in [3.63, 3.8) is 0 Å². The number of rotatable bonds is 8. The quantitative estimate of drug-likeness (QED) is 0.677. The van der Waals surface area contributed by atoms with Gasteiger partial charge in [0.1, 0.15) is 4.21 Å². The van der Waals surface area contributed by atoms with E-state index in [0.29, 0.717) is 17.3 Å². The van der Waals surface area contributed by atoms with Gasteiger partial charge >= 0.3 is 0 Å². The highest BCUT2D eigenvalue weighted by atomic mass is 32.2. The van der Waals surface area contributed by atoms with Gasteiger partial charge in [0.05, 0.1) is 13.2 Å². The first-order valence-electron chi connectivity index (χ1n) is 7.13. The number of morpholine rings is 1. The minimum Gasteiger partial charge on any atom is -0.379 e.